The number of rotatable bonds is 2. The van der Waals surface area contributed by atoms with Crippen molar-refractivity contribution in [2.24, 2.45) is 7.05 Å². The van der Waals surface area contributed by atoms with Gasteiger partial charge in [-0.2, -0.15) is 0 Å². The SMILES string of the molecule is Cn1nnnc1Sc1ccc(N)nn1. The van der Waals surface area contributed by atoms with Gasteiger partial charge in [-0.25, -0.2) is 4.68 Å². The molecule has 0 aliphatic heterocycles. The quantitative estimate of drug-likeness (QED) is 0.727. The summed E-state index contributed by atoms with van der Waals surface area (Å²) in [5.74, 6) is 0.394. The molecule has 2 N–H and O–H groups in total. The number of hydrogen-bond acceptors (Lipinski definition) is 7. The van der Waals surface area contributed by atoms with Crippen LogP contribution in [0.25, 0.3) is 0 Å². The van der Waals surface area contributed by atoms with Crippen LogP contribution < -0.4 is 5.73 Å². The lowest BCUT2D eigenvalue weighted by Gasteiger charge is -1.97. The number of tetrazole rings is 1. The van der Waals surface area contributed by atoms with Crippen molar-refractivity contribution in [3.8, 4) is 0 Å². The molecular formula is C6H7N7S. The minimum absolute atomic E-state index is 0.394. The molecule has 0 saturated heterocycles. The van der Waals surface area contributed by atoms with E-state index in [0.717, 1.165) is 0 Å². The molecule has 72 valence electrons. The Morgan fingerprint density at radius 2 is 2.14 bits per heavy atom. The Morgan fingerprint density at radius 3 is 2.71 bits per heavy atom. The topological polar surface area (TPSA) is 95.4 Å². The first-order valence-electron chi connectivity index (χ1n) is 3.75. The van der Waals surface area contributed by atoms with E-state index in [-0.39, 0.29) is 0 Å². The van der Waals surface area contributed by atoms with Crippen molar-refractivity contribution in [2.75, 3.05) is 5.73 Å². The number of nitrogens with two attached hydrogens (primary N) is 1. The van der Waals surface area contributed by atoms with Crippen molar-refractivity contribution in [3.63, 3.8) is 0 Å². The van der Waals surface area contributed by atoms with Crippen LogP contribution in [0.4, 0.5) is 5.82 Å². The fraction of sp³-hybridized carbons (Fsp3) is 0.167. The Hall–Kier alpha value is -1.70. The number of anilines is 1. The zero-order chi connectivity index (χ0) is 9.97. The highest BCUT2D eigenvalue weighted by molar-refractivity contribution is 7.99. The smallest absolute Gasteiger partial charge is 0.215 e. The maximum Gasteiger partial charge on any atom is 0.215 e. The highest BCUT2D eigenvalue weighted by Crippen LogP contribution is 2.21. The largest absolute Gasteiger partial charge is 0.382 e. The highest BCUT2D eigenvalue weighted by atomic mass is 32.2. The Morgan fingerprint density at radius 1 is 1.29 bits per heavy atom. The summed E-state index contributed by atoms with van der Waals surface area (Å²) in [6, 6.07) is 3.45. The van der Waals surface area contributed by atoms with E-state index in [2.05, 4.69) is 25.7 Å². The van der Waals surface area contributed by atoms with Gasteiger partial charge < -0.3 is 5.73 Å². The summed E-state index contributed by atoms with van der Waals surface area (Å²) >= 11 is 1.33. The molecule has 2 aromatic rings. The van der Waals surface area contributed by atoms with E-state index in [1.807, 2.05) is 0 Å². The molecule has 0 bridgehead atoms. The van der Waals surface area contributed by atoms with Crippen LogP contribution in [-0.4, -0.2) is 30.4 Å². The third kappa shape index (κ3) is 1.79. The Balaban J connectivity index is 2.19. The first kappa shape index (κ1) is 8.88. The monoisotopic (exact) mass is 209 g/mol. The number of nitrogen functional groups attached to an aromatic ring is 1. The second-order valence-corrected chi connectivity index (χ2v) is 3.47. The molecule has 0 atom stereocenters. The first-order chi connectivity index (χ1) is 6.75. The van der Waals surface area contributed by atoms with E-state index in [4.69, 9.17) is 5.73 Å². The van der Waals surface area contributed by atoms with E-state index in [1.54, 1.807) is 23.9 Å². The third-order valence-electron chi connectivity index (χ3n) is 1.44. The molecule has 14 heavy (non-hydrogen) atoms. The molecule has 0 radical (unpaired) electrons. The van der Waals surface area contributed by atoms with E-state index in [9.17, 15) is 0 Å². The zero-order valence-electron chi connectivity index (χ0n) is 7.32. The molecule has 0 aliphatic carbocycles. The molecule has 0 unspecified atom stereocenters. The summed E-state index contributed by atoms with van der Waals surface area (Å²) in [6.45, 7) is 0. The summed E-state index contributed by atoms with van der Waals surface area (Å²) in [5, 5.41) is 20.0. The van der Waals surface area contributed by atoms with Gasteiger partial charge in [0.15, 0.2) is 0 Å². The summed E-state index contributed by atoms with van der Waals surface area (Å²) in [7, 11) is 1.76. The molecule has 2 heterocycles. The predicted octanol–water partition coefficient (Wildman–Crippen LogP) is -0.267. The van der Waals surface area contributed by atoms with Gasteiger partial charge >= 0.3 is 0 Å². The number of aromatic nitrogens is 6. The molecule has 7 nitrogen and oxygen atoms in total. The molecule has 0 amide bonds. The van der Waals surface area contributed by atoms with E-state index < -0.39 is 0 Å². The lowest BCUT2D eigenvalue weighted by atomic mass is 10.5. The molecule has 0 saturated carbocycles. The molecule has 0 fully saturated rings. The normalized spacial score (nSPS) is 10.4. The minimum atomic E-state index is 0.394. The van der Waals surface area contributed by atoms with Crippen LogP contribution in [0.2, 0.25) is 0 Å². The number of hydrogen-bond donors (Lipinski definition) is 1. The molecule has 0 spiro atoms. The van der Waals surface area contributed by atoms with E-state index in [0.29, 0.717) is 16.0 Å². The Kier molecular flexibility index (Phi) is 2.27. The number of nitrogens with zero attached hydrogens (tertiary/aromatic N) is 6. The van der Waals surface area contributed by atoms with Crippen molar-refractivity contribution >= 4 is 17.6 Å². The molecule has 2 aromatic heterocycles. The van der Waals surface area contributed by atoms with Crippen LogP contribution in [0.5, 0.6) is 0 Å². The third-order valence-corrected chi connectivity index (χ3v) is 2.39. The van der Waals surface area contributed by atoms with Crippen LogP contribution in [0.1, 0.15) is 0 Å². The van der Waals surface area contributed by atoms with Gasteiger partial charge in [0.05, 0.1) is 0 Å². The number of aryl methyl sites for hydroxylation is 1. The Labute approximate surface area is 83.7 Å². The van der Waals surface area contributed by atoms with Crippen molar-refractivity contribution in [1.82, 2.24) is 30.4 Å². The maximum absolute atomic E-state index is 5.40. The standard InChI is InChI=1S/C6H7N7S/c1-13-6(10-11-12-13)14-5-3-2-4(7)8-9-5/h2-3H,1H3,(H2,7,8). The van der Waals surface area contributed by atoms with Crippen LogP contribution in [0, 0.1) is 0 Å². The summed E-state index contributed by atoms with van der Waals surface area (Å²) in [5.41, 5.74) is 5.40. The van der Waals surface area contributed by atoms with Crippen LogP contribution >= 0.6 is 11.8 Å². The minimum Gasteiger partial charge on any atom is -0.382 e. The first-order valence-corrected chi connectivity index (χ1v) is 4.57. The van der Waals surface area contributed by atoms with Gasteiger partial charge in [-0.1, -0.05) is 0 Å². The van der Waals surface area contributed by atoms with Gasteiger partial charge in [0, 0.05) is 7.05 Å². The maximum atomic E-state index is 5.40. The van der Waals surface area contributed by atoms with Gasteiger partial charge in [-0.15, -0.1) is 15.3 Å². The van der Waals surface area contributed by atoms with Crippen molar-refractivity contribution in [2.45, 2.75) is 10.2 Å². The summed E-state index contributed by atoms with van der Waals surface area (Å²) < 4.78 is 1.56. The second kappa shape index (κ2) is 3.58. The van der Waals surface area contributed by atoms with Gasteiger partial charge in [0.2, 0.25) is 5.16 Å². The average Bonchev–Trinajstić information content (AvgIpc) is 2.56. The van der Waals surface area contributed by atoms with Gasteiger partial charge in [-0.3, -0.25) is 0 Å². The molecule has 0 aromatic carbocycles. The molecule has 2 rings (SSSR count). The van der Waals surface area contributed by atoms with Crippen LogP contribution in [0.3, 0.4) is 0 Å². The van der Waals surface area contributed by atoms with Gasteiger partial charge in [-0.05, 0) is 34.3 Å². The highest BCUT2D eigenvalue weighted by Gasteiger charge is 2.05. The summed E-state index contributed by atoms with van der Waals surface area (Å²) in [4.78, 5) is 0. The predicted molar refractivity (Wildman–Crippen MR) is 49.4 cm³/mol. The average molecular weight is 209 g/mol. The van der Waals surface area contributed by atoms with Crippen molar-refractivity contribution in [3.05, 3.63) is 12.1 Å². The summed E-state index contributed by atoms with van der Waals surface area (Å²) in [6.07, 6.45) is 0. The lowest BCUT2D eigenvalue weighted by Crippen LogP contribution is -1.95. The second-order valence-electron chi connectivity index (χ2n) is 2.48. The van der Waals surface area contributed by atoms with E-state index in [1.165, 1.54) is 11.8 Å². The zero-order valence-corrected chi connectivity index (χ0v) is 8.14. The Bertz CT molecular complexity index is 422. The van der Waals surface area contributed by atoms with Gasteiger partial charge in [0.25, 0.3) is 0 Å². The van der Waals surface area contributed by atoms with Crippen molar-refractivity contribution < 1.29 is 0 Å². The van der Waals surface area contributed by atoms with Crippen LogP contribution in [0.15, 0.2) is 22.3 Å². The van der Waals surface area contributed by atoms with Gasteiger partial charge in [0.1, 0.15) is 10.8 Å². The fourth-order valence-electron chi connectivity index (χ4n) is 0.786. The molecule has 8 heteroatoms. The van der Waals surface area contributed by atoms with Crippen LogP contribution in [-0.2, 0) is 7.05 Å². The van der Waals surface area contributed by atoms with Crippen molar-refractivity contribution in [1.29, 1.82) is 0 Å². The molecule has 0 aliphatic rings. The molecular weight excluding hydrogens is 202 g/mol. The fourth-order valence-corrected chi connectivity index (χ4v) is 1.44. The van der Waals surface area contributed by atoms with E-state index >= 15 is 0 Å². The lowest BCUT2D eigenvalue weighted by molar-refractivity contribution is 0.664.